The number of nitrogens with zero attached hydrogens (tertiary/aromatic N) is 4. The third kappa shape index (κ3) is 2.77. The molecule has 6 nitrogen and oxygen atoms in total. The number of non-ortho nitro benzene ring substituents is 1. The van der Waals surface area contributed by atoms with E-state index in [1.165, 1.54) is 5.56 Å². The SMILES string of the molecule is CN1CCN(Cc2cn(C)c3cc([N+](=O)[O-])ccc23)CC1. The van der Waals surface area contributed by atoms with Gasteiger partial charge in [0.1, 0.15) is 0 Å². The van der Waals surface area contributed by atoms with Crippen molar-refractivity contribution in [1.82, 2.24) is 14.4 Å². The van der Waals surface area contributed by atoms with Gasteiger partial charge in [-0.2, -0.15) is 0 Å². The highest BCUT2D eigenvalue weighted by Crippen LogP contribution is 2.26. The van der Waals surface area contributed by atoms with Crippen molar-refractivity contribution in [1.29, 1.82) is 0 Å². The molecule has 0 bridgehead atoms. The second-order valence-corrected chi connectivity index (χ2v) is 5.80. The molecule has 0 saturated carbocycles. The largest absolute Gasteiger partial charge is 0.350 e. The average Bonchev–Trinajstić information content (AvgIpc) is 2.77. The second-order valence-electron chi connectivity index (χ2n) is 5.80. The normalized spacial score (nSPS) is 17.4. The van der Waals surface area contributed by atoms with Crippen LogP contribution < -0.4 is 0 Å². The van der Waals surface area contributed by atoms with E-state index in [0.29, 0.717) is 0 Å². The molecule has 0 unspecified atom stereocenters. The molecule has 2 aromatic rings. The van der Waals surface area contributed by atoms with E-state index in [0.717, 1.165) is 43.6 Å². The number of likely N-dealkylation sites (N-methyl/N-ethyl adjacent to an activating group) is 1. The molecule has 1 aromatic carbocycles. The first-order chi connectivity index (χ1) is 10.0. The lowest BCUT2D eigenvalue weighted by molar-refractivity contribution is -0.384. The van der Waals surface area contributed by atoms with E-state index in [4.69, 9.17) is 0 Å². The lowest BCUT2D eigenvalue weighted by Crippen LogP contribution is -2.43. The van der Waals surface area contributed by atoms with Gasteiger partial charge in [-0.25, -0.2) is 0 Å². The van der Waals surface area contributed by atoms with Crippen LogP contribution in [-0.4, -0.2) is 52.5 Å². The first kappa shape index (κ1) is 14.0. The van der Waals surface area contributed by atoms with Gasteiger partial charge in [0.25, 0.3) is 5.69 Å². The Morgan fingerprint density at radius 3 is 2.57 bits per heavy atom. The highest BCUT2D eigenvalue weighted by molar-refractivity contribution is 5.85. The predicted octanol–water partition coefficient (Wildman–Crippen LogP) is 1.83. The zero-order chi connectivity index (χ0) is 15.0. The van der Waals surface area contributed by atoms with Crippen LogP contribution in [0.3, 0.4) is 0 Å². The summed E-state index contributed by atoms with van der Waals surface area (Å²) < 4.78 is 1.98. The van der Waals surface area contributed by atoms with Crippen molar-refractivity contribution in [3.05, 3.63) is 40.1 Å². The number of benzene rings is 1. The van der Waals surface area contributed by atoms with E-state index >= 15 is 0 Å². The van der Waals surface area contributed by atoms with Crippen LogP contribution in [0.4, 0.5) is 5.69 Å². The number of rotatable bonds is 3. The third-order valence-corrected chi connectivity index (χ3v) is 4.26. The summed E-state index contributed by atoms with van der Waals surface area (Å²) in [6, 6.07) is 5.12. The van der Waals surface area contributed by atoms with Gasteiger partial charge in [0, 0.05) is 63.5 Å². The molecule has 1 saturated heterocycles. The van der Waals surface area contributed by atoms with Crippen molar-refractivity contribution >= 4 is 16.6 Å². The van der Waals surface area contributed by atoms with Crippen LogP contribution in [0.1, 0.15) is 5.56 Å². The monoisotopic (exact) mass is 288 g/mol. The molecule has 0 aliphatic carbocycles. The molecule has 0 spiro atoms. The van der Waals surface area contributed by atoms with Crippen LogP contribution in [0.25, 0.3) is 10.9 Å². The maximum Gasteiger partial charge on any atom is 0.271 e. The number of aryl methyl sites for hydroxylation is 1. The fourth-order valence-electron chi connectivity index (χ4n) is 2.94. The number of piperazine rings is 1. The van der Waals surface area contributed by atoms with E-state index in [9.17, 15) is 10.1 Å². The van der Waals surface area contributed by atoms with Gasteiger partial charge in [0.15, 0.2) is 0 Å². The van der Waals surface area contributed by atoms with Crippen LogP contribution >= 0.6 is 0 Å². The molecule has 1 aliphatic heterocycles. The Hall–Kier alpha value is -1.92. The lowest BCUT2D eigenvalue weighted by atomic mass is 10.1. The Morgan fingerprint density at radius 2 is 1.90 bits per heavy atom. The Labute approximate surface area is 123 Å². The molecule has 0 atom stereocenters. The summed E-state index contributed by atoms with van der Waals surface area (Å²) in [5.41, 5.74) is 2.31. The highest BCUT2D eigenvalue weighted by Gasteiger charge is 2.17. The van der Waals surface area contributed by atoms with Crippen molar-refractivity contribution in [2.45, 2.75) is 6.54 Å². The minimum atomic E-state index is -0.341. The fourth-order valence-corrected chi connectivity index (χ4v) is 2.94. The van der Waals surface area contributed by atoms with Gasteiger partial charge < -0.3 is 9.47 Å². The maximum atomic E-state index is 10.9. The molecule has 112 valence electrons. The van der Waals surface area contributed by atoms with Crippen LogP contribution in [0, 0.1) is 10.1 Å². The fraction of sp³-hybridized carbons (Fsp3) is 0.467. The molecular formula is C15H20N4O2. The third-order valence-electron chi connectivity index (χ3n) is 4.26. The Morgan fingerprint density at radius 1 is 1.19 bits per heavy atom. The summed E-state index contributed by atoms with van der Waals surface area (Å²) in [6.07, 6.45) is 2.09. The Kier molecular flexibility index (Phi) is 3.65. The minimum Gasteiger partial charge on any atom is -0.350 e. The first-order valence-electron chi connectivity index (χ1n) is 7.18. The van der Waals surface area contributed by atoms with Crippen molar-refractivity contribution in [3.63, 3.8) is 0 Å². The van der Waals surface area contributed by atoms with Gasteiger partial charge in [-0.3, -0.25) is 15.0 Å². The summed E-state index contributed by atoms with van der Waals surface area (Å²) >= 11 is 0. The highest BCUT2D eigenvalue weighted by atomic mass is 16.6. The van der Waals surface area contributed by atoms with E-state index in [2.05, 4.69) is 23.0 Å². The van der Waals surface area contributed by atoms with Gasteiger partial charge in [-0.15, -0.1) is 0 Å². The molecule has 2 heterocycles. The molecular weight excluding hydrogens is 268 g/mol. The molecule has 6 heteroatoms. The Bertz CT molecular complexity index is 672. The summed E-state index contributed by atoms with van der Waals surface area (Å²) in [4.78, 5) is 15.3. The standard InChI is InChI=1S/C15H20N4O2/c1-16-5-7-18(8-6-16)11-12-10-17(2)15-9-13(19(20)21)3-4-14(12)15/h3-4,9-10H,5-8,11H2,1-2H3. The van der Waals surface area contributed by atoms with Crippen LogP contribution in [-0.2, 0) is 13.6 Å². The topological polar surface area (TPSA) is 54.5 Å². The number of fused-ring (bicyclic) bond motifs is 1. The quantitative estimate of drug-likeness (QED) is 0.639. The summed E-state index contributed by atoms with van der Waals surface area (Å²) in [6.45, 7) is 5.23. The summed E-state index contributed by atoms with van der Waals surface area (Å²) in [5, 5.41) is 12.0. The van der Waals surface area contributed by atoms with E-state index in [1.807, 2.05) is 17.7 Å². The lowest BCUT2D eigenvalue weighted by Gasteiger charge is -2.32. The summed E-state index contributed by atoms with van der Waals surface area (Å²) in [5.74, 6) is 0. The van der Waals surface area contributed by atoms with Crippen molar-refractivity contribution in [2.24, 2.45) is 7.05 Å². The number of hydrogen-bond acceptors (Lipinski definition) is 4. The number of hydrogen-bond donors (Lipinski definition) is 0. The van der Waals surface area contributed by atoms with Crippen molar-refractivity contribution in [2.75, 3.05) is 33.2 Å². The minimum absolute atomic E-state index is 0.148. The van der Waals surface area contributed by atoms with Gasteiger partial charge in [0.2, 0.25) is 0 Å². The zero-order valence-corrected chi connectivity index (χ0v) is 12.5. The molecule has 3 rings (SSSR count). The predicted molar refractivity (Wildman–Crippen MR) is 82.3 cm³/mol. The van der Waals surface area contributed by atoms with Crippen molar-refractivity contribution < 1.29 is 4.92 Å². The van der Waals surface area contributed by atoms with Crippen LogP contribution in [0.2, 0.25) is 0 Å². The van der Waals surface area contributed by atoms with Gasteiger partial charge >= 0.3 is 0 Å². The second kappa shape index (κ2) is 5.46. The van der Waals surface area contributed by atoms with Crippen LogP contribution in [0.15, 0.2) is 24.4 Å². The molecule has 0 N–H and O–H groups in total. The number of nitro benzene ring substituents is 1. The van der Waals surface area contributed by atoms with Crippen LogP contribution in [0.5, 0.6) is 0 Å². The molecule has 0 radical (unpaired) electrons. The molecule has 1 fully saturated rings. The number of aromatic nitrogens is 1. The average molecular weight is 288 g/mol. The smallest absolute Gasteiger partial charge is 0.271 e. The van der Waals surface area contributed by atoms with Crippen molar-refractivity contribution in [3.8, 4) is 0 Å². The van der Waals surface area contributed by atoms with E-state index in [-0.39, 0.29) is 10.6 Å². The summed E-state index contributed by atoms with van der Waals surface area (Å²) in [7, 11) is 4.09. The zero-order valence-electron chi connectivity index (χ0n) is 12.5. The molecule has 1 aromatic heterocycles. The van der Waals surface area contributed by atoms with Gasteiger partial charge in [-0.1, -0.05) is 0 Å². The number of nitro groups is 1. The maximum absolute atomic E-state index is 10.9. The molecule has 1 aliphatic rings. The van der Waals surface area contributed by atoms with E-state index < -0.39 is 0 Å². The first-order valence-corrected chi connectivity index (χ1v) is 7.18. The molecule has 0 amide bonds. The van der Waals surface area contributed by atoms with E-state index in [1.54, 1.807) is 12.1 Å². The Balaban J connectivity index is 1.87. The molecule has 21 heavy (non-hydrogen) atoms. The van der Waals surface area contributed by atoms with Gasteiger partial charge in [-0.05, 0) is 18.7 Å². The van der Waals surface area contributed by atoms with Gasteiger partial charge in [0.05, 0.1) is 10.4 Å².